The number of aromatic amines is 1. The summed E-state index contributed by atoms with van der Waals surface area (Å²) in [5, 5.41) is 6.76. The average molecular weight is 235 g/mol. The van der Waals surface area contributed by atoms with Gasteiger partial charge in [0.25, 0.3) is 0 Å². The lowest BCUT2D eigenvalue weighted by atomic mass is 10.2. The SMILES string of the molecule is C=CCn1c(-c2cccc(F)c2)n[nH]c1=S. The predicted molar refractivity (Wildman–Crippen MR) is 63.0 cm³/mol. The highest BCUT2D eigenvalue weighted by atomic mass is 32.1. The van der Waals surface area contributed by atoms with Gasteiger partial charge in [-0.2, -0.15) is 5.10 Å². The van der Waals surface area contributed by atoms with Crippen LogP contribution in [0.1, 0.15) is 0 Å². The molecule has 0 saturated carbocycles. The number of nitrogens with one attached hydrogen (secondary N) is 1. The van der Waals surface area contributed by atoms with E-state index in [4.69, 9.17) is 12.2 Å². The van der Waals surface area contributed by atoms with Gasteiger partial charge < -0.3 is 0 Å². The Bertz CT molecular complexity index is 571. The lowest BCUT2D eigenvalue weighted by molar-refractivity contribution is 0.628. The summed E-state index contributed by atoms with van der Waals surface area (Å²) in [4.78, 5) is 0. The van der Waals surface area contributed by atoms with Gasteiger partial charge in [-0.15, -0.1) is 6.58 Å². The van der Waals surface area contributed by atoms with E-state index in [0.717, 1.165) is 0 Å². The van der Waals surface area contributed by atoms with Crippen LogP contribution in [0.3, 0.4) is 0 Å². The Morgan fingerprint density at radius 3 is 3.06 bits per heavy atom. The zero-order chi connectivity index (χ0) is 11.5. The van der Waals surface area contributed by atoms with Gasteiger partial charge in [0, 0.05) is 12.1 Å². The molecule has 0 unspecified atom stereocenters. The average Bonchev–Trinajstić information content (AvgIpc) is 2.61. The van der Waals surface area contributed by atoms with Crippen LogP contribution in [0.15, 0.2) is 36.9 Å². The molecule has 1 aromatic carbocycles. The molecule has 0 atom stereocenters. The first kappa shape index (κ1) is 10.8. The first-order chi connectivity index (χ1) is 7.72. The van der Waals surface area contributed by atoms with E-state index in [1.165, 1.54) is 12.1 Å². The molecule has 1 N–H and O–H groups in total. The second-order valence-electron chi connectivity index (χ2n) is 3.26. The molecule has 0 saturated heterocycles. The van der Waals surface area contributed by atoms with Gasteiger partial charge in [0.15, 0.2) is 10.6 Å². The van der Waals surface area contributed by atoms with Crippen LogP contribution in [0.25, 0.3) is 11.4 Å². The second kappa shape index (κ2) is 4.40. The van der Waals surface area contributed by atoms with Gasteiger partial charge in [-0.3, -0.25) is 9.67 Å². The van der Waals surface area contributed by atoms with Crippen molar-refractivity contribution in [3.05, 3.63) is 47.5 Å². The van der Waals surface area contributed by atoms with E-state index in [2.05, 4.69) is 16.8 Å². The fourth-order valence-corrected chi connectivity index (χ4v) is 1.67. The minimum absolute atomic E-state index is 0.295. The number of halogens is 1. The monoisotopic (exact) mass is 235 g/mol. The van der Waals surface area contributed by atoms with Crippen molar-refractivity contribution in [3.63, 3.8) is 0 Å². The van der Waals surface area contributed by atoms with E-state index in [1.807, 2.05) is 0 Å². The van der Waals surface area contributed by atoms with Crippen LogP contribution in [-0.2, 0) is 6.54 Å². The van der Waals surface area contributed by atoms with Gasteiger partial charge in [0.05, 0.1) is 0 Å². The molecule has 0 amide bonds. The van der Waals surface area contributed by atoms with Crippen LogP contribution in [0, 0.1) is 10.6 Å². The molecular formula is C11H10FN3S. The van der Waals surface area contributed by atoms with Gasteiger partial charge >= 0.3 is 0 Å². The summed E-state index contributed by atoms with van der Waals surface area (Å²) in [6.45, 7) is 4.19. The van der Waals surface area contributed by atoms with Crippen LogP contribution in [0.2, 0.25) is 0 Å². The predicted octanol–water partition coefficient (Wildman–Crippen LogP) is 2.93. The Morgan fingerprint density at radius 2 is 2.38 bits per heavy atom. The van der Waals surface area contributed by atoms with Crippen molar-refractivity contribution in [2.45, 2.75) is 6.54 Å². The van der Waals surface area contributed by atoms with E-state index in [9.17, 15) is 4.39 Å². The van der Waals surface area contributed by atoms with Crippen molar-refractivity contribution >= 4 is 12.2 Å². The summed E-state index contributed by atoms with van der Waals surface area (Å²) in [5.74, 6) is 0.320. The van der Waals surface area contributed by atoms with E-state index in [0.29, 0.717) is 22.7 Å². The van der Waals surface area contributed by atoms with Crippen molar-refractivity contribution in [2.75, 3.05) is 0 Å². The maximum atomic E-state index is 13.1. The number of nitrogens with zero attached hydrogens (tertiary/aromatic N) is 2. The quantitative estimate of drug-likeness (QED) is 0.655. The van der Waals surface area contributed by atoms with Crippen LogP contribution in [0.4, 0.5) is 4.39 Å². The van der Waals surface area contributed by atoms with E-state index >= 15 is 0 Å². The minimum Gasteiger partial charge on any atom is -0.296 e. The molecule has 2 rings (SSSR count). The first-order valence-electron chi connectivity index (χ1n) is 4.74. The van der Waals surface area contributed by atoms with Crippen molar-refractivity contribution in [2.24, 2.45) is 0 Å². The van der Waals surface area contributed by atoms with E-state index < -0.39 is 0 Å². The van der Waals surface area contributed by atoms with Gasteiger partial charge in [-0.25, -0.2) is 4.39 Å². The molecule has 0 aliphatic rings. The molecule has 0 aliphatic heterocycles. The summed E-state index contributed by atoms with van der Waals surface area (Å²) in [6, 6.07) is 6.24. The summed E-state index contributed by atoms with van der Waals surface area (Å²) in [5.41, 5.74) is 0.689. The van der Waals surface area contributed by atoms with Crippen LogP contribution >= 0.6 is 12.2 Å². The Morgan fingerprint density at radius 1 is 1.56 bits per heavy atom. The molecular weight excluding hydrogens is 225 g/mol. The minimum atomic E-state index is -0.295. The molecule has 0 radical (unpaired) electrons. The van der Waals surface area contributed by atoms with Crippen molar-refractivity contribution in [3.8, 4) is 11.4 Å². The number of allylic oxidation sites excluding steroid dienone is 1. The molecule has 0 bridgehead atoms. The summed E-state index contributed by atoms with van der Waals surface area (Å²) in [7, 11) is 0. The first-order valence-corrected chi connectivity index (χ1v) is 5.15. The molecule has 0 aliphatic carbocycles. The van der Waals surface area contributed by atoms with E-state index in [1.54, 1.807) is 22.8 Å². The highest BCUT2D eigenvalue weighted by molar-refractivity contribution is 7.71. The standard InChI is InChI=1S/C11H10FN3S/c1-2-6-15-10(13-14-11(15)16)8-4-3-5-9(12)7-8/h2-5,7H,1,6H2,(H,14,16). The number of hydrogen-bond acceptors (Lipinski definition) is 2. The summed E-state index contributed by atoms with van der Waals surface area (Å²) < 4.78 is 15.3. The molecule has 16 heavy (non-hydrogen) atoms. The zero-order valence-corrected chi connectivity index (χ0v) is 9.30. The topological polar surface area (TPSA) is 33.6 Å². The molecule has 2 aromatic rings. The van der Waals surface area contributed by atoms with Crippen LogP contribution in [0.5, 0.6) is 0 Å². The number of benzene rings is 1. The smallest absolute Gasteiger partial charge is 0.195 e. The third-order valence-corrected chi connectivity index (χ3v) is 2.46. The molecule has 1 heterocycles. The van der Waals surface area contributed by atoms with Gasteiger partial charge in [0.1, 0.15) is 5.82 Å². The molecule has 0 spiro atoms. The van der Waals surface area contributed by atoms with Crippen LogP contribution in [-0.4, -0.2) is 14.8 Å². The second-order valence-corrected chi connectivity index (χ2v) is 3.65. The lowest BCUT2D eigenvalue weighted by Crippen LogP contribution is -1.98. The maximum Gasteiger partial charge on any atom is 0.195 e. The number of hydrogen-bond donors (Lipinski definition) is 1. The third kappa shape index (κ3) is 1.94. The van der Waals surface area contributed by atoms with E-state index in [-0.39, 0.29) is 5.82 Å². The van der Waals surface area contributed by atoms with Crippen molar-refractivity contribution in [1.82, 2.24) is 14.8 Å². The number of aromatic nitrogens is 3. The summed E-state index contributed by atoms with van der Waals surface area (Å²) >= 11 is 5.07. The molecule has 1 aromatic heterocycles. The Balaban J connectivity index is 2.55. The zero-order valence-electron chi connectivity index (χ0n) is 8.48. The number of rotatable bonds is 3. The molecule has 5 heteroatoms. The normalized spacial score (nSPS) is 10.3. The molecule has 3 nitrogen and oxygen atoms in total. The largest absolute Gasteiger partial charge is 0.296 e. The van der Waals surface area contributed by atoms with Gasteiger partial charge in [0.2, 0.25) is 0 Å². The van der Waals surface area contributed by atoms with Crippen molar-refractivity contribution < 1.29 is 4.39 Å². The highest BCUT2D eigenvalue weighted by Crippen LogP contribution is 2.18. The van der Waals surface area contributed by atoms with Gasteiger partial charge in [-0.1, -0.05) is 18.2 Å². The fraction of sp³-hybridized carbons (Fsp3) is 0.0909. The molecule has 82 valence electrons. The van der Waals surface area contributed by atoms with Crippen LogP contribution < -0.4 is 0 Å². The highest BCUT2D eigenvalue weighted by Gasteiger charge is 2.07. The molecule has 0 fully saturated rings. The maximum absolute atomic E-state index is 13.1. The Kier molecular flexibility index (Phi) is 2.96. The van der Waals surface area contributed by atoms with Crippen molar-refractivity contribution in [1.29, 1.82) is 0 Å². The summed E-state index contributed by atoms with van der Waals surface area (Å²) in [6.07, 6.45) is 1.72. The fourth-order valence-electron chi connectivity index (χ4n) is 1.46. The third-order valence-electron chi connectivity index (χ3n) is 2.15. The lowest BCUT2D eigenvalue weighted by Gasteiger charge is -2.03. The number of H-pyrrole nitrogens is 1. The Labute approximate surface area is 97.2 Å². The van der Waals surface area contributed by atoms with Gasteiger partial charge in [-0.05, 0) is 24.4 Å². The Hall–Kier alpha value is -1.75.